The van der Waals surface area contributed by atoms with Gasteiger partial charge in [0, 0.05) is 17.6 Å². The number of nitrogens with one attached hydrogen (secondary N) is 2. The Hall–Kier alpha value is -2.14. The molecule has 0 aliphatic heterocycles. The van der Waals surface area contributed by atoms with Crippen molar-refractivity contribution in [3.8, 4) is 0 Å². The zero-order valence-electron chi connectivity index (χ0n) is 13.3. The summed E-state index contributed by atoms with van der Waals surface area (Å²) < 4.78 is 0. The van der Waals surface area contributed by atoms with Gasteiger partial charge in [-0.05, 0) is 37.5 Å². The number of carbonyl (C=O) groups excluding carboxylic acids is 1. The number of rotatable bonds is 7. The van der Waals surface area contributed by atoms with Crippen LogP contribution in [0.2, 0.25) is 5.02 Å². The molecule has 0 aliphatic rings. The molecule has 2 aromatic rings. The SMILES string of the molecule is CCC(C)Nc1cnc(C(=O)NCCc2cccc(Cl)c2)cn1. The highest BCUT2D eigenvalue weighted by atomic mass is 35.5. The largest absolute Gasteiger partial charge is 0.366 e. The van der Waals surface area contributed by atoms with E-state index in [1.54, 1.807) is 6.20 Å². The lowest BCUT2D eigenvalue weighted by Gasteiger charge is -2.11. The zero-order valence-corrected chi connectivity index (χ0v) is 14.1. The lowest BCUT2D eigenvalue weighted by Crippen LogP contribution is -2.26. The Balaban J connectivity index is 1.83. The molecule has 0 aliphatic carbocycles. The number of amides is 1. The van der Waals surface area contributed by atoms with Crippen molar-refractivity contribution >= 4 is 23.3 Å². The summed E-state index contributed by atoms with van der Waals surface area (Å²) in [5.74, 6) is 0.449. The van der Waals surface area contributed by atoms with Crippen molar-refractivity contribution in [2.75, 3.05) is 11.9 Å². The molecule has 0 fully saturated rings. The third-order valence-corrected chi connectivity index (χ3v) is 3.71. The van der Waals surface area contributed by atoms with Gasteiger partial charge in [-0.2, -0.15) is 0 Å². The van der Waals surface area contributed by atoms with Crippen LogP contribution >= 0.6 is 11.6 Å². The van der Waals surface area contributed by atoms with Crippen molar-refractivity contribution < 1.29 is 4.79 Å². The molecule has 6 heteroatoms. The first-order valence-corrected chi connectivity index (χ1v) is 8.07. The quantitative estimate of drug-likeness (QED) is 0.816. The van der Waals surface area contributed by atoms with Crippen LogP contribution in [0.15, 0.2) is 36.7 Å². The standard InChI is InChI=1S/C17H21ClN4O/c1-3-12(2)22-16-11-20-15(10-21-16)17(23)19-8-7-13-5-4-6-14(18)9-13/h4-6,9-12H,3,7-8H2,1-2H3,(H,19,23)(H,21,22). The molecule has 0 saturated carbocycles. The van der Waals surface area contributed by atoms with E-state index < -0.39 is 0 Å². The maximum atomic E-state index is 12.0. The van der Waals surface area contributed by atoms with Crippen LogP contribution in [0.3, 0.4) is 0 Å². The molecule has 0 radical (unpaired) electrons. The first kappa shape index (κ1) is 17.2. The summed E-state index contributed by atoms with van der Waals surface area (Å²) in [7, 11) is 0. The zero-order chi connectivity index (χ0) is 16.7. The van der Waals surface area contributed by atoms with E-state index in [2.05, 4.69) is 34.4 Å². The molecule has 23 heavy (non-hydrogen) atoms. The van der Waals surface area contributed by atoms with E-state index in [9.17, 15) is 4.79 Å². The second-order valence-corrected chi connectivity index (χ2v) is 5.81. The fourth-order valence-electron chi connectivity index (χ4n) is 1.98. The number of aromatic nitrogens is 2. The Morgan fingerprint density at radius 3 is 2.78 bits per heavy atom. The van der Waals surface area contributed by atoms with Gasteiger partial charge >= 0.3 is 0 Å². The Labute approximate surface area is 141 Å². The van der Waals surface area contributed by atoms with Crippen LogP contribution < -0.4 is 10.6 Å². The van der Waals surface area contributed by atoms with Crippen LogP contribution in [0.25, 0.3) is 0 Å². The molecule has 0 bridgehead atoms. The highest BCUT2D eigenvalue weighted by Gasteiger charge is 2.08. The Morgan fingerprint density at radius 2 is 2.13 bits per heavy atom. The Bertz CT molecular complexity index is 645. The van der Waals surface area contributed by atoms with Crippen LogP contribution in [0.5, 0.6) is 0 Å². The van der Waals surface area contributed by atoms with E-state index in [1.807, 2.05) is 24.3 Å². The normalized spacial score (nSPS) is 11.8. The minimum absolute atomic E-state index is 0.227. The summed E-state index contributed by atoms with van der Waals surface area (Å²) in [5, 5.41) is 6.74. The minimum Gasteiger partial charge on any atom is -0.366 e. The number of hydrogen-bond donors (Lipinski definition) is 2. The Morgan fingerprint density at radius 1 is 1.30 bits per heavy atom. The number of benzene rings is 1. The van der Waals surface area contributed by atoms with Gasteiger partial charge < -0.3 is 10.6 Å². The van der Waals surface area contributed by atoms with Crippen LogP contribution in [-0.2, 0) is 6.42 Å². The number of carbonyl (C=O) groups is 1. The van der Waals surface area contributed by atoms with E-state index in [-0.39, 0.29) is 5.91 Å². The molecular formula is C17H21ClN4O. The summed E-state index contributed by atoms with van der Waals surface area (Å²) in [4.78, 5) is 20.4. The predicted molar refractivity (Wildman–Crippen MR) is 92.9 cm³/mol. The highest BCUT2D eigenvalue weighted by Crippen LogP contribution is 2.10. The minimum atomic E-state index is -0.227. The molecule has 2 N–H and O–H groups in total. The van der Waals surface area contributed by atoms with Gasteiger partial charge in [-0.15, -0.1) is 0 Å². The Kier molecular flexibility index (Phi) is 6.35. The second kappa shape index (κ2) is 8.48. The molecule has 1 unspecified atom stereocenters. The number of nitrogens with zero attached hydrogens (tertiary/aromatic N) is 2. The molecule has 1 aromatic carbocycles. The van der Waals surface area contributed by atoms with E-state index in [1.165, 1.54) is 6.20 Å². The van der Waals surface area contributed by atoms with E-state index >= 15 is 0 Å². The van der Waals surface area contributed by atoms with Gasteiger partial charge in [0.15, 0.2) is 0 Å². The second-order valence-electron chi connectivity index (χ2n) is 5.38. The number of hydrogen-bond acceptors (Lipinski definition) is 4. The first-order chi connectivity index (χ1) is 11.1. The number of anilines is 1. The molecule has 1 heterocycles. The third kappa shape index (κ3) is 5.53. The molecule has 1 amide bonds. The van der Waals surface area contributed by atoms with E-state index in [4.69, 9.17) is 11.6 Å². The molecule has 122 valence electrons. The van der Waals surface area contributed by atoms with Crippen molar-refractivity contribution in [3.63, 3.8) is 0 Å². The summed E-state index contributed by atoms with van der Waals surface area (Å²) in [6.45, 7) is 4.68. The average molecular weight is 333 g/mol. The topological polar surface area (TPSA) is 66.9 Å². The van der Waals surface area contributed by atoms with Crippen LogP contribution in [0.1, 0.15) is 36.3 Å². The summed E-state index contributed by atoms with van der Waals surface area (Å²) in [6, 6.07) is 7.92. The smallest absolute Gasteiger partial charge is 0.271 e. The van der Waals surface area contributed by atoms with Crippen molar-refractivity contribution in [2.24, 2.45) is 0 Å². The van der Waals surface area contributed by atoms with Gasteiger partial charge in [0.25, 0.3) is 5.91 Å². The monoisotopic (exact) mass is 332 g/mol. The molecule has 0 saturated heterocycles. The summed E-state index contributed by atoms with van der Waals surface area (Å²) >= 11 is 5.93. The van der Waals surface area contributed by atoms with Crippen molar-refractivity contribution in [3.05, 3.63) is 52.9 Å². The summed E-state index contributed by atoms with van der Waals surface area (Å²) in [6.07, 6.45) is 4.78. The number of halogens is 1. The predicted octanol–water partition coefficient (Wildman–Crippen LogP) is 3.31. The van der Waals surface area contributed by atoms with Gasteiger partial charge in [0.2, 0.25) is 0 Å². The van der Waals surface area contributed by atoms with Crippen LogP contribution in [0.4, 0.5) is 5.82 Å². The fraction of sp³-hybridized carbons (Fsp3) is 0.353. The maximum absolute atomic E-state index is 12.0. The van der Waals surface area contributed by atoms with Crippen molar-refractivity contribution in [1.29, 1.82) is 0 Å². The molecular weight excluding hydrogens is 312 g/mol. The lowest BCUT2D eigenvalue weighted by molar-refractivity contribution is 0.0949. The van der Waals surface area contributed by atoms with E-state index in [0.717, 1.165) is 12.0 Å². The van der Waals surface area contributed by atoms with Gasteiger partial charge in [0.1, 0.15) is 11.5 Å². The fourth-order valence-corrected chi connectivity index (χ4v) is 2.19. The van der Waals surface area contributed by atoms with Gasteiger partial charge in [0.05, 0.1) is 12.4 Å². The molecule has 2 rings (SSSR count). The first-order valence-electron chi connectivity index (χ1n) is 7.69. The maximum Gasteiger partial charge on any atom is 0.271 e. The van der Waals surface area contributed by atoms with Crippen LogP contribution in [0, 0.1) is 0 Å². The van der Waals surface area contributed by atoms with Gasteiger partial charge in [-0.3, -0.25) is 4.79 Å². The summed E-state index contributed by atoms with van der Waals surface area (Å²) in [5.41, 5.74) is 1.39. The van der Waals surface area contributed by atoms with Gasteiger partial charge in [-0.25, -0.2) is 9.97 Å². The van der Waals surface area contributed by atoms with Gasteiger partial charge in [-0.1, -0.05) is 30.7 Å². The van der Waals surface area contributed by atoms with Crippen molar-refractivity contribution in [2.45, 2.75) is 32.7 Å². The third-order valence-electron chi connectivity index (χ3n) is 3.48. The molecule has 0 spiro atoms. The molecule has 1 atom stereocenters. The molecule has 1 aromatic heterocycles. The van der Waals surface area contributed by atoms with E-state index in [0.29, 0.717) is 35.5 Å². The van der Waals surface area contributed by atoms with Crippen molar-refractivity contribution in [1.82, 2.24) is 15.3 Å². The average Bonchev–Trinajstić information content (AvgIpc) is 2.55. The molecule has 5 nitrogen and oxygen atoms in total. The van der Waals surface area contributed by atoms with Crippen LogP contribution in [-0.4, -0.2) is 28.5 Å². The lowest BCUT2D eigenvalue weighted by atomic mass is 10.1. The highest BCUT2D eigenvalue weighted by molar-refractivity contribution is 6.30.